The standard InChI is InChI=1S/C13H23N3/c1-5-16-10-9-15-13(16)12(4)7-6-8-14-11(2)3/h7,9-11,14H,5-6,8H2,1-4H3. The number of nitrogens with one attached hydrogen (secondary N) is 1. The van der Waals surface area contributed by atoms with Crippen LogP contribution in [0.3, 0.4) is 0 Å². The number of nitrogens with zero attached hydrogens (tertiary/aromatic N) is 2. The van der Waals surface area contributed by atoms with Gasteiger partial charge in [0.2, 0.25) is 0 Å². The Bertz CT molecular complexity index is 337. The van der Waals surface area contributed by atoms with Crippen LogP contribution in [0.25, 0.3) is 5.57 Å². The van der Waals surface area contributed by atoms with Crippen LogP contribution in [0.4, 0.5) is 0 Å². The Morgan fingerprint density at radius 2 is 2.31 bits per heavy atom. The van der Waals surface area contributed by atoms with Crippen LogP contribution in [0.1, 0.15) is 39.9 Å². The van der Waals surface area contributed by atoms with E-state index in [4.69, 9.17) is 0 Å². The lowest BCUT2D eigenvalue weighted by Gasteiger charge is -2.07. The average Bonchev–Trinajstić information content (AvgIpc) is 2.71. The van der Waals surface area contributed by atoms with Gasteiger partial charge in [-0.25, -0.2) is 4.98 Å². The van der Waals surface area contributed by atoms with Crippen LogP contribution in [-0.4, -0.2) is 22.1 Å². The fraction of sp³-hybridized carbons (Fsp3) is 0.615. The second-order valence-corrected chi connectivity index (χ2v) is 4.32. The van der Waals surface area contributed by atoms with E-state index in [2.05, 4.69) is 48.6 Å². The van der Waals surface area contributed by atoms with Crippen LogP contribution in [-0.2, 0) is 6.54 Å². The van der Waals surface area contributed by atoms with E-state index in [1.807, 2.05) is 12.4 Å². The fourth-order valence-electron chi connectivity index (χ4n) is 1.66. The summed E-state index contributed by atoms with van der Waals surface area (Å²) in [4.78, 5) is 4.38. The van der Waals surface area contributed by atoms with Crippen molar-refractivity contribution in [3.8, 4) is 0 Å². The molecule has 1 aromatic rings. The second-order valence-electron chi connectivity index (χ2n) is 4.32. The Morgan fingerprint density at radius 3 is 2.94 bits per heavy atom. The molecule has 1 aromatic heterocycles. The van der Waals surface area contributed by atoms with Crippen molar-refractivity contribution in [3.63, 3.8) is 0 Å². The predicted octanol–water partition coefficient (Wildman–Crippen LogP) is 2.69. The molecule has 3 nitrogen and oxygen atoms in total. The van der Waals surface area contributed by atoms with Gasteiger partial charge >= 0.3 is 0 Å². The topological polar surface area (TPSA) is 29.9 Å². The Balaban J connectivity index is 2.50. The highest BCUT2D eigenvalue weighted by Gasteiger charge is 2.02. The molecule has 0 atom stereocenters. The fourth-order valence-corrected chi connectivity index (χ4v) is 1.66. The third kappa shape index (κ3) is 3.81. The van der Waals surface area contributed by atoms with Crippen LogP contribution in [0.5, 0.6) is 0 Å². The van der Waals surface area contributed by atoms with E-state index in [-0.39, 0.29) is 0 Å². The average molecular weight is 221 g/mol. The van der Waals surface area contributed by atoms with Crippen molar-refractivity contribution in [2.24, 2.45) is 0 Å². The van der Waals surface area contributed by atoms with Gasteiger partial charge in [-0.05, 0) is 32.4 Å². The summed E-state index contributed by atoms with van der Waals surface area (Å²) in [6.07, 6.45) is 7.20. The molecule has 0 aliphatic heterocycles. The molecule has 0 bridgehead atoms. The minimum absolute atomic E-state index is 0.561. The second kappa shape index (κ2) is 6.48. The number of imidazole rings is 1. The molecule has 90 valence electrons. The summed E-state index contributed by atoms with van der Waals surface area (Å²) in [5, 5.41) is 3.40. The van der Waals surface area contributed by atoms with E-state index in [0.29, 0.717) is 6.04 Å². The van der Waals surface area contributed by atoms with E-state index >= 15 is 0 Å². The van der Waals surface area contributed by atoms with Crippen LogP contribution in [0.2, 0.25) is 0 Å². The molecule has 0 aromatic carbocycles. The summed E-state index contributed by atoms with van der Waals surface area (Å²) >= 11 is 0. The highest BCUT2D eigenvalue weighted by Crippen LogP contribution is 2.11. The predicted molar refractivity (Wildman–Crippen MR) is 69.3 cm³/mol. The quantitative estimate of drug-likeness (QED) is 0.748. The summed E-state index contributed by atoms with van der Waals surface area (Å²) in [5.41, 5.74) is 1.26. The van der Waals surface area contributed by atoms with Gasteiger partial charge in [0.25, 0.3) is 0 Å². The first kappa shape index (κ1) is 13.0. The highest BCUT2D eigenvalue weighted by molar-refractivity contribution is 5.57. The number of hydrogen-bond acceptors (Lipinski definition) is 2. The molecule has 3 heteroatoms. The largest absolute Gasteiger partial charge is 0.332 e. The van der Waals surface area contributed by atoms with Crippen LogP contribution >= 0.6 is 0 Å². The maximum Gasteiger partial charge on any atom is 0.135 e. The monoisotopic (exact) mass is 221 g/mol. The first-order valence-corrected chi connectivity index (χ1v) is 6.06. The number of allylic oxidation sites excluding steroid dienone is 1. The first-order chi connectivity index (χ1) is 7.65. The molecule has 0 aliphatic carbocycles. The molecule has 0 radical (unpaired) electrons. The molecule has 0 unspecified atom stereocenters. The van der Waals surface area contributed by atoms with Crippen LogP contribution in [0.15, 0.2) is 18.5 Å². The van der Waals surface area contributed by atoms with Gasteiger partial charge < -0.3 is 9.88 Å². The molecule has 0 fully saturated rings. The molecule has 0 aliphatic rings. The number of hydrogen-bond donors (Lipinski definition) is 1. The Kier molecular flexibility index (Phi) is 5.26. The van der Waals surface area contributed by atoms with Crippen LogP contribution < -0.4 is 5.32 Å². The molecule has 1 rings (SSSR count). The van der Waals surface area contributed by atoms with Crippen molar-refractivity contribution in [2.45, 2.75) is 46.7 Å². The first-order valence-electron chi connectivity index (χ1n) is 6.06. The summed E-state index contributed by atoms with van der Waals surface area (Å²) in [6, 6.07) is 0.561. The summed E-state index contributed by atoms with van der Waals surface area (Å²) in [6.45, 7) is 10.6. The SMILES string of the molecule is CCn1ccnc1C(C)=CCCNC(C)C. The molecule has 0 saturated heterocycles. The van der Waals surface area contributed by atoms with Gasteiger partial charge in [-0.1, -0.05) is 19.9 Å². The molecule has 0 amide bonds. The van der Waals surface area contributed by atoms with Crippen molar-refractivity contribution in [1.82, 2.24) is 14.9 Å². The highest BCUT2D eigenvalue weighted by atomic mass is 15.1. The van der Waals surface area contributed by atoms with Gasteiger partial charge in [-0.15, -0.1) is 0 Å². The summed E-state index contributed by atoms with van der Waals surface area (Å²) in [5.74, 6) is 1.09. The molecule has 1 heterocycles. The van der Waals surface area contributed by atoms with Gasteiger partial charge in [0, 0.05) is 25.0 Å². The minimum Gasteiger partial charge on any atom is -0.332 e. The molecule has 16 heavy (non-hydrogen) atoms. The van der Waals surface area contributed by atoms with Crippen molar-refractivity contribution in [1.29, 1.82) is 0 Å². The maximum atomic E-state index is 4.38. The lowest BCUT2D eigenvalue weighted by atomic mass is 10.2. The molecular formula is C13H23N3. The van der Waals surface area contributed by atoms with Crippen molar-refractivity contribution < 1.29 is 0 Å². The van der Waals surface area contributed by atoms with Gasteiger partial charge in [0.15, 0.2) is 0 Å². The smallest absolute Gasteiger partial charge is 0.135 e. The zero-order valence-corrected chi connectivity index (χ0v) is 10.8. The molecule has 0 spiro atoms. The molecule has 1 N–H and O–H groups in total. The van der Waals surface area contributed by atoms with Gasteiger partial charge in [-0.2, -0.15) is 0 Å². The Morgan fingerprint density at radius 1 is 1.56 bits per heavy atom. The van der Waals surface area contributed by atoms with Gasteiger partial charge in [0.05, 0.1) is 0 Å². The number of aromatic nitrogens is 2. The third-order valence-electron chi connectivity index (χ3n) is 2.56. The van der Waals surface area contributed by atoms with E-state index in [1.165, 1.54) is 5.57 Å². The molecular weight excluding hydrogens is 198 g/mol. The van der Waals surface area contributed by atoms with E-state index in [1.54, 1.807) is 0 Å². The van der Waals surface area contributed by atoms with E-state index in [9.17, 15) is 0 Å². The summed E-state index contributed by atoms with van der Waals surface area (Å²) < 4.78 is 2.17. The van der Waals surface area contributed by atoms with Gasteiger partial charge in [-0.3, -0.25) is 0 Å². The lowest BCUT2D eigenvalue weighted by Crippen LogP contribution is -2.23. The summed E-state index contributed by atoms with van der Waals surface area (Å²) in [7, 11) is 0. The van der Waals surface area contributed by atoms with Crippen molar-refractivity contribution in [2.75, 3.05) is 6.54 Å². The number of rotatable bonds is 6. The van der Waals surface area contributed by atoms with Crippen LogP contribution in [0, 0.1) is 0 Å². The Hall–Kier alpha value is -1.09. The number of aryl methyl sites for hydroxylation is 1. The normalized spacial score (nSPS) is 12.4. The lowest BCUT2D eigenvalue weighted by molar-refractivity contribution is 0.595. The van der Waals surface area contributed by atoms with E-state index < -0.39 is 0 Å². The van der Waals surface area contributed by atoms with E-state index in [0.717, 1.165) is 25.3 Å². The zero-order valence-electron chi connectivity index (χ0n) is 10.8. The molecule has 0 saturated carbocycles. The van der Waals surface area contributed by atoms with Crippen molar-refractivity contribution in [3.05, 3.63) is 24.3 Å². The zero-order chi connectivity index (χ0) is 12.0. The van der Waals surface area contributed by atoms with Gasteiger partial charge in [0.1, 0.15) is 5.82 Å². The minimum atomic E-state index is 0.561. The van der Waals surface area contributed by atoms with Crippen molar-refractivity contribution >= 4 is 5.57 Å². The maximum absolute atomic E-state index is 4.38. The third-order valence-corrected chi connectivity index (χ3v) is 2.56. The Labute approximate surface area is 98.6 Å².